The van der Waals surface area contributed by atoms with E-state index >= 15 is 0 Å². The lowest BCUT2D eigenvalue weighted by Crippen LogP contribution is -1.89. The van der Waals surface area contributed by atoms with Gasteiger partial charge in [0, 0.05) is 11.8 Å². The smallest absolute Gasteiger partial charge is 0.140 e. The minimum atomic E-state index is 0.707. The van der Waals surface area contributed by atoms with Crippen molar-refractivity contribution in [2.24, 2.45) is 0 Å². The molecule has 0 saturated carbocycles. The van der Waals surface area contributed by atoms with Crippen LogP contribution in [0.1, 0.15) is 0 Å². The lowest BCUT2D eigenvalue weighted by atomic mass is 10.3. The first-order valence-electron chi connectivity index (χ1n) is 4.53. The lowest BCUT2D eigenvalue weighted by Gasteiger charge is -2.07. The Morgan fingerprint density at radius 3 is 2.53 bits per heavy atom. The SMILES string of the molecule is Nc1cccc(Oc2ccccc2I)c1. The molecule has 76 valence electrons. The van der Waals surface area contributed by atoms with Gasteiger partial charge >= 0.3 is 0 Å². The largest absolute Gasteiger partial charge is 0.456 e. The zero-order valence-electron chi connectivity index (χ0n) is 7.98. The van der Waals surface area contributed by atoms with Crippen molar-refractivity contribution in [1.29, 1.82) is 0 Å². The monoisotopic (exact) mass is 311 g/mol. The Balaban J connectivity index is 2.26. The number of hydrogen-bond acceptors (Lipinski definition) is 2. The van der Waals surface area contributed by atoms with Crippen molar-refractivity contribution < 1.29 is 4.74 Å². The number of benzene rings is 2. The number of hydrogen-bond donors (Lipinski definition) is 1. The number of anilines is 1. The molecule has 0 atom stereocenters. The fourth-order valence-electron chi connectivity index (χ4n) is 1.23. The van der Waals surface area contributed by atoms with Crippen LogP contribution in [0.15, 0.2) is 48.5 Å². The van der Waals surface area contributed by atoms with Crippen LogP contribution in [0.3, 0.4) is 0 Å². The molecular formula is C12H10INO. The standard InChI is InChI=1S/C12H10INO/c13-11-6-1-2-7-12(11)15-10-5-3-4-9(14)8-10/h1-8H,14H2. The van der Waals surface area contributed by atoms with E-state index in [-0.39, 0.29) is 0 Å². The van der Waals surface area contributed by atoms with E-state index in [9.17, 15) is 0 Å². The molecule has 0 bridgehead atoms. The van der Waals surface area contributed by atoms with Gasteiger partial charge in [-0.15, -0.1) is 0 Å². The number of para-hydroxylation sites is 1. The first-order valence-corrected chi connectivity index (χ1v) is 5.61. The highest BCUT2D eigenvalue weighted by Gasteiger charge is 2.00. The molecule has 0 radical (unpaired) electrons. The maximum absolute atomic E-state index is 5.70. The van der Waals surface area contributed by atoms with Crippen molar-refractivity contribution in [1.82, 2.24) is 0 Å². The zero-order chi connectivity index (χ0) is 10.7. The van der Waals surface area contributed by atoms with E-state index in [4.69, 9.17) is 10.5 Å². The summed E-state index contributed by atoms with van der Waals surface area (Å²) in [5.74, 6) is 1.61. The summed E-state index contributed by atoms with van der Waals surface area (Å²) in [4.78, 5) is 0. The van der Waals surface area contributed by atoms with Crippen LogP contribution in [0.5, 0.6) is 11.5 Å². The van der Waals surface area contributed by atoms with Crippen LogP contribution in [0.25, 0.3) is 0 Å². The molecule has 3 heteroatoms. The molecule has 0 aliphatic heterocycles. The minimum absolute atomic E-state index is 0.707. The fourth-order valence-corrected chi connectivity index (χ4v) is 1.73. The van der Waals surface area contributed by atoms with Crippen LogP contribution in [0, 0.1) is 3.57 Å². The summed E-state index contributed by atoms with van der Waals surface area (Å²) in [5, 5.41) is 0. The fraction of sp³-hybridized carbons (Fsp3) is 0. The van der Waals surface area contributed by atoms with Gasteiger partial charge in [0.2, 0.25) is 0 Å². The Labute approximate surface area is 102 Å². The molecular weight excluding hydrogens is 301 g/mol. The van der Waals surface area contributed by atoms with Crippen molar-refractivity contribution in [3.63, 3.8) is 0 Å². The van der Waals surface area contributed by atoms with Crippen LogP contribution in [0.4, 0.5) is 5.69 Å². The highest BCUT2D eigenvalue weighted by atomic mass is 127. The summed E-state index contributed by atoms with van der Waals surface area (Å²) in [5.41, 5.74) is 6.38. The maximum Gasteiger partial charge on any atom is 0.140 e. The first kappa shape index (κ1) is 10.3. The molecule has 0 aliphatic carbocycles. The second-order valence-electron chi connectivity index (χ2n) is 3.10. The molecule has 0 aromatic heterocycles. The van der Waals surface area contributed by atoms with E-state index < -0.39 is 0 Å². The molecule has 2 aromatic rings. The second-order valence-corrected chi connectivity index (χ2v) is 4.27. The van der Waals surface area contributed by atoms with E-state index in [0.29, 0.717) is 5.69 Å². The molecule has 0 amide bonds. The summed E-state index contributed by atoms with van der Waals surface area (Å²) in [6.45, 7) is 0. The normalized spacial score (nSPS) is 9.93. The Morgan fingerprint density at radius 1 is 1.00 bits per heavy atom. The molecule has 15 heavy (non-hydrogen) atoms. The summed E-state index contributed by atoms with van der Waals surface area (Å²) in [7, 11) is 0. The molecule has 0 aliphatic rings. The highest BCUT2D eigenvalue weighted by Crippen LogP contribution is 2.27. The van der Waals surface area contributed by atoms with Crippen molar-refractivity contribution in [2.75, 3.05) is 5.73 Å². The van der Waals surface area contributed by atoms with Gasteiger partial charge < -0.3 is 10.5 Å². The third-order valence-corrected chi connectivity index (χ3v) is 2.81. The molecule has 0 saturated heterocycles. The Kier molecular flexibility index (Phi) is 3.11. The van der Waals surface area contributed by atoms with Gasteiger partial charge in [0.05, 0.1) is 3.57 Å². The molecule has 2 N–H and O–H groups in total. The molecule has 2 nitrogen and oxygen atoms in total. The third-order valence-electron chi connectivity index (χ3n) is 1.92. The predicted molar refractivity (Wildman–Crippen MR) is 70.1 cm³/mol. The van der Waals surface area contributed by atoms with Gasteiger partial charge in [-0.3, -0.25) is 0 Å². The van der Waals surface area contributed by atoms with Crippen LogP contribution in [-0.2, 0) is 0 Å². The van der Waals surface area contributed by atoms with Crippen LogP contribution in [-0.4, -0.2) is 0 Å². The van der Waals surface area contributed by atoms with Crippen molar-refractivity contribution in [3.05, 3.63) is 52.1 Å². The molecule has 0 unspecified atom stereocenters. The van der Waals surface area contributed by atoms with Crippen LogP contribution in [0.2, 0.25) is 0 Å². The predicted octanol–water partition coefficient (Wildman–Crippen LogP) is 3.67. The quantitative estimate of drug-likeness (QED) is 0.678. The van der Waals surface area contributed by atoms with Gasteiger partial charge in [-0.05, 0) is 46.9 Å². The zero-order valence-corrected chi connectivity index (χ0v) is 10.1. The van der Waals surface area contributed by atoms with E-state index in [1.807, 2.05) is 48.5 Å². The van der Waals surface area contributed by atoms with Gasteiger partial charge in [0.25, 0.3) is 0 Å². The molecule has 2 rings (SSSR count). The summed E-state index contributed by atoms with van der Waals surface area (Å²) in [6, 6.07) is 15.3. The summed E-state index contributed by atoms with van der Waals surface area (Å²) in [6.07, 6.45) is 0. The van der Waals surface area contributed by atoms with Crippen molar-refractivity contribution in [2.45, 2.75) is 0 Å². The summed E-state index contributed by atoms with van der Waals surface area (Å²) >= 11 is 2.24. The third kappa shape index (κ3) is 2.62. The van der Waals surface area contributed by atoms with Gasteiger partial charge in [-0.2, -0.15) is 0 Å². The average Bonchev–Trinajstić information content (AvgIpc) is 2.22. The van der Waals surface area contributed by atoms with Gasteiger partial charge in [0.1, 0.15) is 11.5 Å². The van der Waals surface area contributed by atoms with Crippen molar-refractivity contribution in [3.8, 4) is 11.5 Å². The number of ether oxygens (including phenoxy) is 1. The number of rotatable bonds is 2. The molecule has 0 spiro atoms. The molecule has 2 aromatic carbocycles. The topological polar surface area (TPSA) is 35.2 Å². The maximum atomic E-state index is 5.70. The Bertz CT molecular complexity index is 471. The number of nitrogens with two attached hydrogens (primary N) is 1. The van der Waals surface area contributed by atoms with E-state index in [0.717, 1.165) is 15.1 Å². The van der Waals surface area contributed by atoms with E-state index in [2.05, 4.69) is 22.6 Å². The van der Waals surface area contributed by atoms with Gasteiger partial charge in [0.15, 0.2) is 0 Å². The number of nitrogen functional groups attached to an aromatic ring is 1. The Morgan fingerprint density at radius 2 is 1.80 bits per heavy atom. The number of halogens is 1. The lowest BCUT2D eigenvalue weighted by molar-refractivity contribution is 0.479. The molecule has 0 fully saturated rings. The van der Waals surface area contributed by atoms with Crippen LogP contribution >= 0.6 is 22.6 Å². The van der Waals surface area contributed by atoms with E-state index in [1.54, 1.807) is 0 Å². The van der Waals surface area contributed by atoms with Crippen molar-refractivity contribution >= 4 is 28.3 Å². The van der Waals surface area contributed by atoms with Crippen LogP contribution < -0.4 is 10.5 Å². The minimum Gasteiger partial charge on any atom is -0.456 e. The summed E-state index contributed by atoms with van der Waals surface area (Å²) < 4.78 is 6.78. The van der Waals surface area contributed by atoms with E-state index in [1.165, 1.54) is 0 Å². The molecule has 0 heterocycles. The van der Waals surface area contributed by atoms with Gasteiger partial charge in [-0.1, -0.05) is 18.2 Å². The van der Waals surface area contributed by atoms with Gasteiger partial charge in [-0.25, -0.2) is 0 Å². The highest BCUT2D eigenvalue weighted by molar-refractivity contribution is 14.1. The second kappa shape index (κ2) is 4.53. The first-order chi connectivity index (χ1) is 7.25. The average molecular weight is 311 g/mol. The Hall–Kier alpha value is -1.23.